The van der Waals surface area contributed by atoms with Crippen molar-refractivity contribution >= 4 is 16.0 Å². The molecule has 2 N–H and O–H groups in total. The first-order chi connectivity index (χ1) is 9.40. The highest BCUT2D eigenvalue weighted by Crippen LogP contribution is 2.19. The summed E-state index contributed by atoms with van der Waals surface area (Å²) in [6.07, 6.45) is 1.98. The number of likely N-dealkylation sites (N-methyl/N-ethyl adjacent to an activating group) is 1. The number of nitrogens with one attached hydrogen (secondary N) is 1. The van der Waals surface area contributed by atoms with E-state index in [0.29, 0.717) is 17.4 Å². The minimum atomic E-state index is -3.85. The van der Waals surface area contributed by atoms with Crippen molar-refractivity contribution in [2.45, 2.75) is 40.0 Å². The van der Waals surface area contributed by atoms with E-state index in [-0.39, 0.29) is 17.1 Å². The first-order valence-corrected chi connectivity index (χ1v) is 9.06. The molecule has 0 heterocycles. The molecule has 0 aromatic heterocycles. The molecule has 7 heteroatoms. The number of carbonyl (C=O) groups excluding carboxylic acids is 1. The van der Waals surface area contributed by atoms with Crippen molar-refractivity contribution < 1.29 is 22.2 Å². The molecular weight excluding hydrogens is 292 g/mol. The van der Waals surface area contributed by atoms with Gasteiger partial charge in [0, 0.05) is 5.41 Å². The van der Waals surface area contributed by atoms with Crippen LogP contribution in [0.3, 0.4) is 0 Å². The average Bonchev–Trinajstić information content (AvgIpc) is 2.33. The molecule has 0 rings (SSSR count). The van der Waals surface area contributed by atoms with Crippen molar-refractivity contribution in [2.24, 2.45) is 5.41 Å². The molecule has 6 nitrogen and oxygen atoms in total. The van der Waals surface area contributed by atoms with E-state index in [1.165, 1.54) is 0 Å². The van der Waals surface area contributed by atoms with Gasteiger partial charge in [-0.05, 0) is 19.3 Å². The highest BCUT2D eigenvalue weighted by atomic mass is 32.2. The lowest BCUT2D eigenvalue weighted by atomic mass is 9.89. The van der Waals surface area contributed by atoms with Gasteiger partial charge >= 0.3 is 0 Å². The largest absolute Gasteiger partial charge is 0.350 e. The Labute approximate surface area is 129 Å². The third kappa shape index (κ3) is 9.82. The Kier molecular flexibility index (Phi) is 7.84. The fourth-order valence-corrected chi connectivity index (χ4v) is 2.38. The summed E-state index contributed by atoms with van der Waals surface area (Å²) < 4.78 is 30.6. The molecule has 0 atom stereocenters. The second kappa shape index (κ2) is 8.10. The number of hydrogen-bond donors (Lipinski definition) is 2. The van der Waals surface area contributed by atoms with Gasteiger partial charge in [0.15, 0.2) is 0 Å². The topological polar surface area (TPSA) is 83.5 Å². The summed E-state index contributed by atoms with van der Waals surface area (Å²) in [5.74, 6) is -0.120. The van der Waals surface area contributed by atoms with Crippen LogP contribution in [0.25, 0.3) is 0 Å². The van der Waals surface area contributed by atoms with Gasteiger partial charge < -0.3 is 9.80 Å². The summed E-state index contributed by atoms with van der Waals surface area (Å²) in [7, 11) is 0.239. The molecule has 126 valence electrons. The predicted molar refractivity (Wildman–Crippen MR) is 84.6 cm³/mol. The quantitative estimate of drug-likeness (QED) is 0.360. The van der Waals surface area contributed by atoms with Crippen molar-refractivity contribution in [2.75, 3.05) is 39.5 Å². The summed E-state index contributed by atoms with van der Waals surface area (Å²) in [5.41, 5.74) is -0.341. The van der Waals surface area contributed by atoms with E-state index in [0.717, 1.165) is 25.9 Å². The van der Waals surface area contributed by atoms with E-state index >= 15 is 0 Å². The minimum Gasteiger partial charge on any atom is -0.350 e. The van der Waals surface area contributed by atoms with E-state index in [9.17, 15) is 13.2 Å². The van der Waals surface area contributed by atoms with Crippen LogP contribution in [0, 0.1) is 5.41 Å². The highest BCUT2D eigenvalue weighted by Gasteiger charge is 2.25. The lowest BCUT2D eigenvalue weighted by Crippen LogP contribution is -2.47. The molecule has 0 radical (unpaired) electrons. The Morgan fingerprint density at radius 3 is 2.24 bits per heavy atom. The zero-order valence-corrected chi connectivity index (χ0v) is 14.8. The molecule has 0 aliphatic rings. The zero-order valence-electron chi connectivity index (χ0n) is 14.0. The van der Waals surface area contributed by atoms with Crippen LogP contribution in [0.5, 0.6) is 0 Å². The predicted octanol–water partition coefficient (Wildman–Crippen LogP) is 1.28. The first-order valence-electron chi connectivity index (χ1n) is 7.45. The van der Waals surface area contributed by atoms with E-state index in [2.05, 4.69) is 5.32 Å². The van der Waals surface area contributed by atoms with Crippen LogP contribution in [0.4, 0.5) is 0 Å². The molecule has 0 aromatic carbocycles. The van der Waals surface area contributed by atoms with Crippen molar-refractivity contribution in [3.63, 3.8) is 0 Å². The Bertz CT molecular complexity index is 430. The molecule has 0 spiro atoms. The molecule has 0 aliphatic heterocycles. The van der Waals surface area contributed by atoms with Crippen LogP contribution < -0.4 is 5.32 Å². The average molecular weight is 323 g/mol. The molecule has 0 aliphatic carbocycles. The van der Waals surface area contributed by atoms with Gasteiger partial charge in [-0.1, -0.05) is 20.8 Å². The Morgan fingerprint density at radius 1 is 1.19 bits per heavy atom. The Balaban J connectivity index is 4.00. The molecule has 0 saturated carbocycles. The third-order valence-corrected chi connectivity index (χ3v) is 4.72. The van der Waals surface area contributed by atoms with Gasteiger partial charge in [-0.25, -0.2) is 0 Å². The molecule has 0 fully saturated rings. The van der Waals surface area contributed by atoms with Gasteiger partial charge in [-0.2, -0.15) is 8.42 Å². The van der Waals surface area contributed by atoms with Crippen LogP contribution in [0.2, 0.25) is 0 Å². The van der Waals surface area contributed by atoms with Crippen LogP contribution >= 0.6 is 0 Å². The lowest BCUT2D eigenvalue weighted by molar-refractivity contribution is -0.889. The molecule has 21 heavy (non-hydrogen) atoms. The minimum absolute atomic E-state index is 0.0661. The lowest BCUT2D eigenvalue weighted by Gasteiger charge is -2.30. The summed E-state index contributed by atoms with van der Waals surface area (Å²) >= 11 is 0. The van der Waals surface area contributed by atoms with E-state index in [4.69, 9.17) is 4.55 Å². The summed E-state index contributed by atoms with van der Waals surface area (Å²) in [6, 6.07) is 0. The number of quaternary nitrogens is 1. The third-order valence-electron chi connectivity index (χ3n) is 3.92. The van der Waals surface area contributed by atoms with Gasteiger partial charge in [0.25, 0.3) is 10.1 Å². The molecule has 1 amide bonds. The van der Waals surface area contributed by atoms with Crippen molar-refractivity contribution in [1.29, 1.82) is 0 Å². The van der Waals surface area contributed by atoms with Crippen molar-refractivity contribution in [3.05, 3.63) is 0 Å². The molecule has 0 unspecified atom stereocenters. The number of hydrogen-bond acceptors (Lipinski definition) is 3. The van der Waals surface area contributed by atoms with Crippen LogP contribution in [0.15, 0.2) is 0 Å². The number of amides is 1. The fourth-order valence-electron chi connectivity index (χ4n) is 1.81. The molecule has 0 bridgehead atoms. The standard InChI is InChI=1S/C14H30N2O4S/c1-6-14(2,3)13(17)15-9-11-16(4,5)10-7-8-12-21(18,19)20/h6-12H2,1-5H3,(H-,15,17,18,19,20)/p+1. The van der Waals surface area contributed by atoms with E-state index in [1.54, 1.807) is 0 Å². The summed E-state index contributed by atoms with van der Waals surface area (Å²) in [4.78, 5) is 11.9. The number of unbranched alkanes of at least 4 members (excludes halogenated alkanes) is 1. The van der Waals surface area contributed by atoms with E-state index < -0.39 is 10.1 Å². The maximum atomic E-state index is 11.9. The van der Waals surface area contributed by atoms with Gasteiger partial charge in [-0.3, -0.25) is 9.35 Å². The maximum Gasteiger partial charge on any atom is 0.264 e. The van der Waals surface area contributed by atoms with Gasteiger partial charge in [0.1, 0.15) is 0 Å². The smallest absolute Gasteiger partial charge is 0.264 e. The van der Waals surface area contributed by atoms with Crippen molar-refractivity contribution in [3.8, 4) is 0 Å². The highest BCUT2D eigenvalue weighted by molar-refractivity contribution is 7.85. The monoisotopic (exact) mass is 323 g/mol. The summed E-state index contributed by atoms with van der Waals surface area (Å²) in [5, 5.41) is 2.95. The van der Waals surface area contributed by atoms with Crippen molar-refractivity contribution in [1.82, 2.24) is 5.32 Å². The fraction of sp³-hybridized carbons (Fsp3) is 0.929. The van der Waals surface area contributed by atoms with Crippen LogP contribution in [-0.4, -0.2) is 62.8 Å². The number of rotatable bonds is 10. The normalized spacial score (nSPS) is 13.2. The molecule has 0 aromatic rings. The second-order valence-corrected chi connectivity index (χ2v) is 8.44. The van der Waals surface area contributed by atoms with Gasteiger partial charge in [-0.15, -0.1) is 0 Å². The molecule has 0 saturated heterocycles. The van der Waals surface area contributed by atoms with Crippen LogP contribution in [-0.2, 0) is 14.9 Å². The Morgan fingerprint density at radius 2 is 1.76 bits per heavy atom. The SMILES string of the molecule is CCC(C)(C)C(=O)NCC[N+](C)(C)CCCCS(=O)(=O)O. The summed E-state index contributed by atoms with van der Waals surface area (Å²) in [6.45, 7) is 8.05. The van der Waals surface area contributed by atoms with Crippen LogP contribution in [0.1, 0.15) is 40.0 Å². The second-order valence-electron chi connectivity index (χ2n) is 6.87. The maximum absolute atomic E-state index is 11.9. The van der Waals surface area contributed by atoms with Gasteiger partial charge in [0.2, 0.25) is 5.91 Å². The Hall–Kier alpha value is -0.660. The number of nitrogens with zero attached hydrogens (tertiary/aromatic N) is 1. The number of carbonyl (C=O) groups is 1. The van der Waals surface area contributed by atoms with Gasteiger partial charge in [0.05, 0.1) is 39.5 Å². The molecular formula is C14H31N2O4S+. The zero-order chi connectivity index (χ0) is 16.7. The van der Waals surface area contributed by atoms with E-state index in [1.807, 2.05) is 34.9 Å². The first kappa shape index (κ1) is 20.3.